The van der Waals surface area contributed by atoms with Crippen LogP contribution in [0.4, 0.5) is 0 Å². The standard InChI is InChI=1S/C24H39N3O4/c1-9-24(6,7)27-15-12-11-13-19(27)21(28)25-20(17(3)4)22(29)26(8)16-14-18(5)23(30)31-10-2/h1,14,17,19-20H,10-13,15-16H2,2-8H3,(H,25,28)/b18-14+. The molecule has 1 N–H and O–H groups in total. The molecule has 7 heteroatoms. The number of rotatable bonds is 9. The van der Waals surface area contributed by atoms with Crippen molar-refractivity contribution in [2.75, 3.05) is 26.7 Å². The molecule has 1 heterocycles. The van der Waals surface area contributed by atoms with Gasteiger partial charge in [-0.05, 0) is 46.5 Å². The number of likely N-dealkylation sites (tertiary alicyclic amines) is 1. The number of amides is 2. The highest BCUT2D eigenvalue weighted by Crippen LogP contribution is 2.26. The average Bonchev–Trinajstić information content (AvgIpc) is 2.74. The fourth-order valence-electron chi connectivity index (χ4n) is 3.65. The number of ether oxygens (including phenoxy) is 1. The summed E-state index contributed by atoms with van der Waals surface area (Å²) in [6.07, 6.45) is 10.0. The maximum Gasteiger partial charge on any atom is 0.333 e. The number of likely N-dealkylation sites (N-methyl/N-ethyl adjacent to an activating group) is 1. The second-order valence-corrected chi connectivity index (χ2v) is 8.96. The van der Waals surface area contributed by atoms with E-state index >= 15 is 0 Å². The molecule has 31 heavy (non-hydrogen) atoms. The zero-order valence-electron chi connectivity index (χ0n) is 20.2. The van der Waals surface area contributed by atoms with Crippen molar-refractivity contribution in [2.24, 2.45) is 5.92 Å². The van der Waals surface area contributed by atoms with E-state index in [9.17, 15) is 14.4 Å². The van der Waals surface area contributed by atoms with Crippen LogP contribution in [0.25, 0.3) is 0 Å². The molecular weight excluding hydrogens is 394 g/mol. The lowest BCUT2D eigenvalue weighted by Crippen LogP contribution is -2.60. The van der Waals surface area contributed by atoms with E-state index in [0.717, 1.165) is 19.4 Å². The maximum atomic E-state index is 13.2. The van der Waals surface area contributed by atoms with Gasteiger partial charge in [-0.1, -0.05) is 32.3 Å². The van der Waals surface area contributed by atoms with E-state index in [0.29, 0.717) is 18.6 Å². The molecule has 0 aromatic heterocycles. The number of hydrogen-bond acceptors (Lipinski definition) is 5. The van der Waals surface area contributed by atoms with E-state index in [1.165, 1.54) is 4.90 Å². The summed E-state index contributed by atoms with van der Waals surface area (Å²) in [4.78, 5) is 41.6. The van der Waals surface area contributed by atoms with Gasteiger partial charge in [-0.25, -0.2) is 4.79 Å². The summed E-state index contributed by atoms with van der Waals surface area (Å²) in [6.45, 7) is 12.4. The van der Waals surface area contributed by atoms with Crippen LogP contribution in [0.3, 0.4) is 0 Å². The molecule has 0 radical (unpaired) electrons. The van der Waals surface area contributed by atoms with Crippen molar-refractivity contribution >= 4 is 17.8 Å². The Hall–Kier alpha value is -2.33. The van der Waals surface area contributed by atoms with Crippen molar-refractivity contribution < 1.29 is 19.1 Å². The Morgan fingerprint density at radius 1 is 1.32 bits per heavy atom. The second kappa shape index (κ2) is 11.9. The van der Waals surface area contributed by atoms with Gasteiger partial charge in [0, 0.05) is 25.7 Å². The number of carbonyl (C=O) groups excluding carboxylic acids is 3. The number of piperidine rings is 1. The van der Waals surface area contributed by atoms with Gasteiger partial charge in [0.1, 0.15) is 6.04 Å². The molecule has 0 spiro atoms. The molecule has 1 rings (SSSR count). The van der Waals surface area contributed by atoms with E-state index in [4.69, 9.17) is 11.2 Å². The summed E-state index contributed by atoms with van der Waals surface area (Å²) in [6, 6.07) is -1.02. The highest BCUT2D eigenvalue weighted by molar-refractivity contribution is 5.90. The Kier molecular flexibility index (Phi) is 10.3. The van der Waals surface area contributed by atoms with Crippen LogP contribution in [-0.2, 0) is 19.1 Å². The molecule has 1 aliphatic heterocycles. The fraction of sp³-hybridized carbons (Fsp3) is 0.708. The Bertz CT molecular complexity index is 721. The fourth-order valence-corrected chi connectivity index (χ4v) is 3.65. The summed E-state index contributed by atoms with van der Waals surface area (Å²) >= 11 is 0. The van der Waals surface area contributed by atoms with E-state index < -0.39 is 17.6 Å². The SMILES string of the molecule is C#CC(C)(C)N1CCCCC1C(=O)NC(C(=O)N(C)C/C=C(\C)C(=O)OCC)C(C)C. The first-order chi connectivity index (χ1) is 14.5. The molecule has 7 nitrogen and oxygen atoms in total. The summed E-state index contributed by atoms with van der Waals surface area (Å²) < 4.78 is 4.96. The summed E-state index contributed by atoms with van der Waals surface area (Å²) in [7, 11) is 1.66. The third-order valence-corrected chi connectivity index (χ3v) is 5.75. The lowest BCUT2D eigenvalue weighted by atomic mass is 9.92. The van der Waals surface area contributed by atoms with Crippen LogP contribution < -0.4 is 5.32 Å². The van der Waals surface area contributed by atoms with Crippen molar-refractivity contribution in [3.63, 3.8) is 0 Å². The molecule has 0 aromatic rings. The second-order valence-electron chi connectivity index (χ2n) is 8.96. The van der Waals surface area contributed by atoms with Gasteiger partial charge in [-0.15, -0.1) is 6.42 Å². The van der Waals surface area contributed by atoms with Crippen molar-refractivity contribution in [1.29, 1.82) is 0 Å². The minimum absolute atomic E-state index is 0.0910. The van der Waals surface area contributed by atoms with Gasteiger partial charge in [0.15, 0.2) is 0 Å². The van der Waals surface area contributed by atoms with Crippen LogP contribution in [0.1, 0.15) is 60.8 Å². The molecule has 0 saturated carbocycles. The van der Waals surface area contributed by atoms with E-state index in [1.54, 1.807) is 27.0 Å². The first-order valence-corrected chi connectivity index (χ1v) is 11.1. The zero-order valence-corrected chi connectivity index (χ0v) is 20.2. The van der Waals surface area contributed by atoms with Crippen LogP contribution in [0.15, 0.2) is 11.6 Å². The molecule has 2 atom stereocenters. The molecule has 0 aliphatic carbocycles. The molecule has 0 bridgehead atoms. The minimum atomic E-state index is -0.661. The molecular formula is C24H39N3O4. The smallest absolute Gasteiger partial charge is 0.333 e. The van der Waals surface area contributed by atoms with Crippen molar-refractivity contribution in [1.82, 2.24) is 15.1 Å². The predicted octanol–water partition coefficient (Wildman–Crippen LogP) is 2.36. The van der Waals surface area contributed by atoms with Gasteiger partial charge in [0.2, 0.25) is 11.8 Å². The number of terminal acetylenes is 1. The Labute approximate surface area is 187 Å². The molecule has 0 aromatic carbocycles. The molecule has 174 valence electrons. The number of hydrogen-bond donors (Lipinski definition) is 1. The lowest BCUT2D eigenvalue weighted by Gasteiger charge is -2.43. The van der Waals surface area contributed by atoms with Crippen molar-refractivity contribution in [2.45, 2.75) is 78.4 Å². The largest absolute Gasteiger partial charge is 0.463 e. The van der Waals surface area contributed by atoms with Crippen LogP contribution in [-0.4, -0.2) is 72.0 Å². The van der Waals surface area contributed by atoms with Crippen LogP contribution in [0.2, 0.25) is 0 Å². The van der Waals surface area contributed by atoms with Crippen LogP contribution >= 0.6 is 0 Å². The van der Waals surface area contributed by atoms with Crippen molar-refractivity contribution in [3.8, 4) is 12.3 Å². The number of nitrogens with one attached hydrogen (secondary N) is 1. The molecule has 1 saturated heterocycles. The van der Waals surface area contributed by atoms with Gasteiger partial charge in [0.05, 0.1) is 18.2 Å². The maximum absolute atomic E-state index is 13.2. The first-order valence-electron chi connectivity index (χ1n) is 11.1. The summed E-state index contributed by atoms with van der Waals surface area (Å²) in [5.74, 6) is 1.93. The van der Waals surface area contributed by atoms with E-state index in [2.05, 4.69) is 16.1 Å². The first kappa shape index (κ1) is 26.7. The Morgan fingerprint density at radius 3 is 2.52 bits per heavy atom. The average molecular weight is 434 g/mol. The number of esters is 1. The predicted molar refractivity (Wildman–Crippen MR) is 122 cm³/mol. The molecule has 1 aliphatic rings. The van der Waals surface area contributed by atoms with Gasteiger partial charge < -0.3 is 15.0 Å². The zero-order chi connectivity index (χ0) is 23.8. The number of carbonyl (C=O) groups is 3. The van der Waals surface area contributed by atoms with Crippen LogP contribution in [0.5, 0.6) is 0 Å². The third kappa shape index (κ3) is 7.39. The minimum Gasteiger partial charge on any atom is -0.463 e. The highest BCUT2D eigenvalue weighted by atomic mass is 16.5. The highest BCUT2D eigenvalue weighted by Gasteiger charge is 2.38. The normalized spacial score (nSPS) is 18.8. The van der Waals surface area contributed by atoms with Gasteiger partial charge >= 0.3 is 5.97 Å². The Morgan fingerprint density at radius 2 is 1.97 bits per heavy atom. The lowest BCUT2D eigenvalue weighted by molar-refractivity contribution is -0.139. The third-order valence-electron chi connectivity index (χ3n) is 5.75. The van der Waals surface area contributed by atoms with E-state index in [-0.39, 0.29) is 30.3 Å². The topological polar surface area (TPSA) is 79.0 Å². The molecule has 1 fully saturated rings. The van der Waals surface area contributed by atoms with E-state index in [1.807, 2.05) is 27.7 Å². The van der Waals surface area contributed by atoms with Crippen LogP contribution in [0, 0.1) is 18.3 Å². The van der Waals surface area contributed by atoms with Crippen molar-refractivity contribution in [3.05, 3.63) is 11.6 Å². The monoisotopic (exact) mass is 433 g/mol. The summed E-state index contributed by atoms with van der Waals surface area (Å²) in [5.41, 5.74) is -0.0904. The van der Waals surface area contributed by atoms with Gasteiger partial charge in [0.25, 0.3) is 0 Å². The Balaban J connectivity index is 2.90. The summed E-state index contributed by atoms with van der Waals surface area (Å²) in [5, 5.41) is 2.97. The molecule has 2 unspecified atom stereocenters. The van der Waals surface area contributed by atoms with Gasteiger partial charge in [-0.2, -0.15) is 0 Å². The quantitative estimate of drug-likeness (QED) is 0.343. The molecule has 2 amide bonds. The van der Waals surface area contributed by atoms with Gasteiger partial charge in [-0.3, -0.25) is 14.5 Å². The number of nitrogens with zero attached hydrogens (tertiary/aromatic N) is 2.